The van der Waals surface area contributed by atoms with Gasteiger partial charge >= 0.3 is 0 Å². The molecule has 0 aromatic rings. The number of carbonyl (C=O) groups is 1. The Balaban J connectivity index is 1.91. The van der Waals surface area contributed by atoms with E-state index in [2.05, 4.69) is 23.8 Å². The van der Waals surface area contributed by atoms with E-state index in [-0.39, 0.29) is 5.91 Å². The molecule has 2 N–H and O–H groups in total. The minimum absolute atomic E-state index is 0.130. The molecular weight excluding hydrogens is 196 g/mol. The zero-order valence-electron chi connectivity index (χ0n) is 9.01. The van der Waals surface area contributed by atoms with Gasteiger partial charge in [-0.3, -0.25) is 4.79 Å². The lowest BCUT2D eigenvalue weighted by Crippen LogP contribution is -2.35. The van der Waals surface area contributed by atoms with E-state index in [1.165, 1.54) is 12.8 Å². The van der Waals surface area contributed by atoms with Gasteiger partial charge in [-0.2, -0.15) is 11.8 Å². The monoisotopic (exact) mass is 216 g/mol. The van der Waals surface area contributed by atoms with E-state index in [1.54, 1.807) is 0 Å². The van der Waals surface area contributed by atoms with E-state index >= 15 is 0 Å². The Kier molecular flexibility index (Phi) is 5.33. The second-order valence-electron chi connectivity index (χ2n) is 3.84. The van der Waals surface area contributed by atoms with Crippen molar-refractivity contribution in [2.24, 2.45) is 0 Å². The summed E-state index contributed by atoms with van der Waals surface area (Å²) >= 11 is 1.84. The summed E-state index contributed by atoms with van der Waals surface area (Å²) in [5, 5.41) is 6.74. The molecule has 0 saturated heterocycles. The summed E-state index contributed by atoms with van der Waals surface area (Å²) in [6.07, 6.45) is 5.62. The van der Waals surface area contributed by atoms with Crippen molar-refractivity contribution in [3.05, 3.63) is 0 Å². The van der Waals surface area contributed by atoms with Gasteiger partial charge in [-0.05, 0) is 25.5 Å². The van der Waals surface area contributed by atoms with Gasteiger partial charge in [0.1, 0.15) is 0 Å². The summed E-state index contributed by atoms with van der Waals surface area (Å²) in [5.41, 5.74) is 0. The van der Waals surface area contributed by atoms with Crippen LogP contribution < -0.4 is 10.6 Å². The van der Waals surface area contributed by atoms with E-state index < -0.39 is 0 Å². The average Bonchev–Trinajstić information content (AvgIpc) is 2.98. The Bertz CT molecular complexity index is 183. The van der Waals surface area contributed by atoms with E-state index in [1.807, 2.05) is 11.8 Å². The Morgan fingerprint density at radius 1 is 1.57 bits per heavy atom. The van der Waals surface area contributed by atoms with Crippen molar-refractivity contribution in [2.75, 3.05) is 19.3 Å². The normalized spacial score (nSPS) is 17.9. The van der Waals surface area contributed by atoms with Crippen LogP contribution in [0.5, 0.6) is 0 Å². The van der Waals surface area contributed by atoms with Crippen LogP contribution in [0, 0.1) is 0 Å². The number of carbonyl (C=O) groups excluding carboxylic acids is 1. The lowest BCUT2D eigenvalue weighted by molar-refractivity contribution is -0.120. The third kappa shape index (κ3) is 5.50. The molecule has 1 aliphatic carbocycles. The fraction of sp³-hybridized carbons (Fsp3) is 0.900. The van der Waals surface area contributed by atoms with Gasteiger partial charge in [0.15, 0.2) is 0 Å². The van der Waals surface area contributed by atoms with Gasteiger partial charge in [0, 0.05) is 17.8 Å². The van der Waals surface area contributed by atoms with Crippen molar-refractivity contribution in [3.63, 3.8) is 0 Å². The molecular formula is C10H20N2OS. The predicted octanol–water partition coefficient (Wildman–Crippen LogP) is 0.996. The van der Waals surface area contributed by atoms with Gasteiger partial charge in [0.05, 0.1) is 6.54 Å². The Labute approximate surface area is 90.4 Å². The fourth-order valence-corrected chi connectivity index (χ4v) is 1.47. The highest BCUT2D eigenvalue weighted by Crippen LogP contribution is 2.17. The first-order valence-electron chi connectivity index (χ1n) is 5.25. The number of thioether (sulfide) groups is 1. The van der Waals surface area contributed by atoms with Crippen molar-refractivity contribution in [3.8, 4) is 0 Å². The predicted molar refractivity (Wildman–Crippen MR) is 61.6 cm³/mol. The van der Waals surface area contributed by atoms with E-state index in [9.17, 15) is 4.79 Å². The second-order valence-corrected chi connectivity index (χ2v) is 5.12. The molecule has 3 nitrogen and oxygen atoms in total. The molecule has 1 atom stereocenters. The lowest BCUT2D eigenvalue weighted by atomic mass is 10.3. The molecule has 0 aliphatic heterocycles. The molecule has 1 rings (SSSR count). The zero-order valence-corrected chi connectivity index (χ0v) is 9.82. The molecule has 0 radical (unpaired) electrons. The Morgan fingerprint density at radius 2 is 2.29 bits per heavy atom. The standard InChI is InChI=1S/C10H20N2OS/c1-8(14-2)5-6-11-10(13)7-12-9-3-4-9/h8-9,12H,3-7H2,1-2H3,(H,11,13). The molecule has 0 bridgehead atoms. The molecule has 1 aliphatic rings. The molecule has 0 aromatic heterocycles. The molecule has 4 heteroatoms. The van der Waals surface area contributed by atoms with Crippen molar-refractivity contribution in [1.82, 2.24) is 10.6 Å². The maximum atomic E-state index is 11.3. The van der Waals surface area contributed by atoms with Crippen LogP contribution in [0.15, 0.2) is 0 Å². The van der Waals surface area contributed by atoms with Crippen LogP contribution >= 0.6 is 11.8 Å². The van der Waals surface area contributed by atoms with Crippen LogP contribution in [0.25, 0.3) is 0 Å². The van der Waals surface area contributed by atoms with Crippen LogP contribution in [-0.2, 0) is 4.79 Å². The first-order valence-corrected chi connectivity index (χ1v) is 6.54. The molecule has 1 fully saturated rings. The van der Waals surface area contributed by atoms with Crippen molar-refractivity contribution in [1.29, 1.82) is 0 Å². The van der Waals surface area contributed by atoms with Gasteiger partial charge in [0.25, 0.3) is 0 Å². The number of rotatable bonds is 7. The van der Waals surface area contributed by atoms with Crippen LogP contribution in [0.3, 0.4) is 0 Å². The van der Waals surface area contributed by atoms with Crippen molar-refractivity contribution in [2.45, 2.75) is 37.5 Å². The summed E-state index contributed by atoms with van der Waals surface area (Å²) in [5.74, 6) is 0.130. The fourth-order valence-electron chi connectivity index (χ4n) is 1.12. The van der Waals surface area contributed by atoms with Crippen LogP contribution in [0.2, 0.25) is 0 Å². The van der Waals surface area contributed by atoms with E-state index in [4.69, 9.17) is 0 Å². The SMILES string of the molecule is CSC(C)CCNC(=O)CNC1CC1. The smallest absolute Gasteiger partial charge is 0.233 e. The molecule has 1 unspecified atom stereocenters. The molecule has 14 heavy (non-hydrogen) atoms. The Hall–Kier alpha value is -0.220. The maximum absolute atomic E-state index is 11.3. The summed E-state index contributed by atoms with van der Waals surface area (Å²) in [4.78, 5) is 11.3. The quantitative estimate of drug-likeness (QED) is 0.667. The van der Waals surface area contributed by atoms with Crippen LogP contribution in [-0.4, -0.2) is 36.5 Å². The van der Waals surface area contributed by atoms with Crippen molar-refractivity contribution < 1.29 is 4.79 Å². The van der Waals surface area contributed by atoms with Gasteiger partial charge < -0.3 is 10.6 Å². The summed E-state index contributed by atoms with van der Waals surface area (Å²) in [6.45, 7) is 3.46. The minimum atomic E-state index is 0.130. The number of hydrogen-bond acceptors (Lipinski definition) is 3. The summed E-state index contributed by atoms with van der Waals surface area (Å²) in [7, 11) is 0. The zero-order chi connectivity index (χ0) is 10.4. The number of amides is 1. The van der Waals surface area contributed by atoms with E-state index in [0.717, 1.165) is 13.0 Å². The number of nitrogens with one attached hydrogen (secondary N) is 2. The highest BCUT2D eigenvalue weighted by molar-refractivity contribution is 7.99. The molecule has 82 valence electrons. The largest absolute Gasteiger partial charge is 0.355 e. The lowest BCUT2D eigenvalue weighted by Gasteiger charge is -2.09. The van der Waals surface area contributed by atoms with Gasteiger partial charge in [0.2, 0.25) is 5.91 Å². The molecule has 0 heterocycles. The van der Waals surface area contributed by atoms with Crippen LogP contribution in [0.4, 0.5) is 0 Å². The third-order valence-electron chi connectivity index (χ3n) is 2.40. The van der Waals surface area contributed by atoms with Gasteiger partial charge in [-0.1, -0.05) is 6.92 Å². The molecule has 0 aromatic carbocycles. The van der Waals surface area contributed by atoms with Crippen molar-refractivity contribution >= 4 is 17.7 Å². The number of hydrogen-bond donors (Lipinski definition) is 2. The third-order valence-corrected chi connectivity index (χ3v) is 3.44. The molecule has 1 saturated carbocycles. The minimum Gasteiger partial charge on any atom is -0.355 e. The summed E-state index contributed by atoms with van der Waals surface area (Å²) in [6, 6.07) is 0.617. The average molecular weight is 216 g/mol. The van der Waals surface area contributed by atoms with Gasteiger partial charge in [-0.15, -0.1) is 0 Å². The maximum Gasteiger partial charge on any atom is 0.233 e. The van der Waals surface area contributed by atoms with Gasteiger partial charge in [-0.25, -0.2) is 0 Å². The summed E-state index contributed by atoms with van der Waals surface area (Å²) < 4.78 is 0. The highest BCUT2D eigenvalue weighted by atomic mass is 32.2. The second kappa shape index (κ2) is 6.30. The first kappa shape index (κ1) is 11.9. The van der Waals surface area contributed by atoms with E-state index in [0.29, 0.717) is 17.8 Å². The topological polar surface area (TPSA) is 41.1 Å². The first-order chi connectivity index (χ1) is 6.72. The highest BCUT2D eigenvalue weighted by Gasteiger charge is 2.20. The molecule has 1 amide bonds. The Morgan fingerprint density at radius 3 is 2.86 bits per heavy atom. The molecule has 0 spiro atoms. The van der Waals surface area contributed by atoms with Crippen LogP contribution in [0.1, 0.15) is 26.2 Å².